The summed E-state index contributed by atoms with van der Waals surface area (Å²) < 4.78 is 1.91. The van der Waals surface area contributed by atoms with Crippen molar-refractivity contribution in [2.45, 2.75) is 39.0 Å². The molecule has 0 radical (unpaired) electrons. The molecule has 1 N–H and O–H groups in total. The third-order valence-electron chi connectivity index (χ3n) is 5.00. The van der Waals surface area contributed by atoms with Crippen molar-refractivity contribution in [2.75, 3.05) is 26.7 Å². The Labute approximate surface area is 148 Å². The summed E-state index contributed by atoms with van der Waals surface area (Å²) in [7, 11) is 3.96. The molecule has 0 bridgehead atoms. The molecule has 5 nitrogen and oxygen atoms in total. The van der Waals surface area contributed by atoms with E-state index in [0.29, 0.717) is 5.92 Å². The van der Waals surface area contributed by atoms with Gasteiger partial charge in [-0.2, -0.15) is 5.10 Å². The van der Waals surface area contributed by atoms with Crippen LogP contribution in [0.5, 0.6) is 0 Å². The number of fused-ring (bicyclic) bond motifs is 1. The first-order chi connectivity index (χ1) is 11.5. The van der Waals surface area contributed by atoms with Crippen molar-refractivity contribution in [3.05, 3.63) is 16.6 Å². The number of thiophene rings is 1. The van der Waals surface area contributed by atoms with Crippen LogP contribution in [-0.4, -0.2) is 47.3 Å². The molecular formula is C18H28N4OS. The summed E-state index contributed by atoms with van der Waals surface area (Å²) in [5.74, 6) is 1.31. The predicted octanol–water partition coefficient (Wildman–Crippen LogP) is 3.22. The van der Waals surface area contributed by atoms with Crippen molar-refractivity contribution in [3.63, 3.8) is 0 Å². The molecule has 0 aromatic carbocycles. The highest BCUT2D eigenvalue weighted by molar-refractivity contribution is 7.20. The Hall–Kier alpha value is -1.40. The van der Waals surface area contributed by atoms with E-state index in [0.717, 1.165) is 59.2 Å². The van der Waals surface area contributed by atoms with Gasteiger partial charge in [-0.3, -0.25) is 9.48 Å². The maximum Gasteiger partial charge on any atom is 0.264 e. The zero-order valence-electron chi connectivity index (χ0n) is 15.1. The average molecular weight is 349 g/mol. The van der Waals surface area contributed by atoms with Crippen LogP contribution in [-0.2, 0) is 7.05 Å². The number of aromatic nitrogens is 2. The summed E-state index contributed by atoms with van der Waals surface area (Å²) in [6, 6.07) is 2.05. The maximum absolute atomic E-state index is 12.9. The third-order valence-corrected chi connectivity index (χ3v) is 6.19. The lowest BCUT2D eigenvalue weighted by atomic mass is 9.93. The molecule has 2 aromatic heterocycles. The van der Waals surface area contributed by atoms with E-state index in [4.69, 9.17) is 0 Å². The van der Waals surface area contributed by atoms with Gasteiger partial charge in [-0.25, -0.2) is 0 Å². The Balaban J connectivity index is 1.72. The number of piperidine rings is 1. The number of carbonyl (C=O) groups is 1. The topological polar surface area (TPSA) is 50.2 Å². The van der Waals surface area contributed by atoms with E-state index >= 15 is 0 Å². The highest BCUT2D eigenvalue weighted by atomic mass is 32.1. The fourth-order valence-corrected chi connectivity index (χ4v) is 4.57. The van der Waals surface area contributed by atoms with Crippen LogP contribution < -0.4 is 5.32 Å². The maximum atomic E-state index is 12.9. The summed E-state index contributed by atoms with van der Waals surface area (Å²) in [6.07, 6.45) is 3.46. The molecule has 2 aromatic rings. The lowest BCUT2D eigenvalue weighted by molar-refractivity contribution is 0.0692. The fraction of sp³-hybridized carbons (Fsp3) is 0.667. The first kappa shape index (κ1) is 17.4. The van der Waals surface area contributed by atoms with E-state index in [2.05, 4.69) is 30.3 Å². The number of likely N-dealkylation sites (tertiary alicyclic amines) is 1. The average Bonchev–Trinajstić information content (AvgIpc) is 3.13. The number of nitrogens with zero attached hydrogens (tertiary/aromatic N) is 3. The van der Waals surface area contributed by atoms with Crippen molar-refractivity contribution in [1.82, 2.24) is 20.0 Å². The van der Waals surface area contributed by atoms with E-state index in [-0.39, 0.29) is 5.91 Å². The minimum atomic E-state index is 0.193. The van der Waals surface area contributed by atoms with Gasteiger partial charge in [0.25, 0.3) is 5.91 Å². The Bertz CT molecular complexity index is 710. The van der Waals surface area contributed by atoms with Gasteiger partial charge in [0.1, 0.15) is 4.83 Å². The fourth-order valence-electron chi connectivity index (χ4n) is 3.53. The highest BCUT2D eigenvalue weighted by Gasteiger charge is 2.26. The zero-order chi connectivity index (χ0) is 17.3. The molecule has 0 atom stereocenters. The number of nitrogens with one attached hydrogen (secondary N) is 1. The third kappa shape index (κ3) is 3.35. The van der Waals surface area contributed by atoms with Crippen LogP contribution in [0.2, 0.25) is 0 Å². The molecule has 0 aliphatic carbocycles. The Morgan fingerprint density at radius 1 is 1.42 bits per heavy atom. The number of hydrogen-bond donors (Lipinski definition) is 1. The van der Waals surface area contributed by atoms with Crippen molar-refractivity contribution in [1.29, 1.82) is 0 Å². The molecule has 1 amide bonds. The molecule has 24 heavy (non-hydrogen) atoms. The summed E-state index contributed by atoms with van der Waals surface area (Å²) in [6.45, 7) is 7.14. The molecule has 3 heterocycles. The van der Waals surface area contributed by atoms with Gasteiger partial charge in [-0.05, 0) is 50.8 Å². The molecule has 0 unspecified atom stereocenters. The first-order valence-electron chi connectivity index (χ1n) is 8.91. The van der Waals surface area contributed by atoms with Crippen LogP contribution in [0.1, 0.15) is 54.4 Å². The van der Waals surface area contributed by atoms with Crippen molar-refractivity contribution in [3.8, 4) is 0 Å². The van der Waals surface area contributed by atoms with Gasteiger partial charge < -0.3 is 10.2 Å². The van der Waals surface area contributed by atoms with Gasteiger partial charge in [0.05, 0.1) is 10.6 Å². The van der Waals surface area contributed by atoms with E-state index in [1.165, 1.54) is 6.42 Å². The van der Waals surface area contributed by atoms with Crippen LogP contribution >= 0.6 is 11.3 Å². The van der Waals surface area contributed by atoms with Crippen molar-refractivity contribution in [2.24, 2.45) is 13.0 Å². The first-order valence-corrected chi connectivity index (χ1v) is 9.73. The largest absolute Gasteiger partial charge is 0.338 e. The molecule has 3 rings (SSSR count). The van der Waals surface area contributed by atoms with E-state index in [9.17, 15) is 4.79 Å². The number of rotatable bonds is 5. The summed E-state index contributed by atoms with van der Waals surface area (Å²) in [5.41, 5.74) is 1.09. The van der Waals surface area contributed by atoms with Gasteiger partial charge in [-0.1, -0.05) is 13.8 Å². The number of hydrogen-bond acceptors (Lipinski definition) is 4. The molecule has 132 valence electrons. The SMILES string of the molecule is CNCCC1CCN(C(=O)c2cc3c(C(C)C)nn(C)c3s2)CC1. The minimum Gasteiger partial charge on any atom is -0.338 e. The summed E-state index contributed by atoms with van der Waals surface area (Å²) in [4.78, 5) is 16.9. The van der Waals surface area contributed by atoms with Crippen LogP contribution in [0.3, 0.4) is 0 Å². The molecule has 1 fully saturated rings. The second kappa shape index (κ2) is 7.23. The zero-order valence-corrected chi connectivity index (χ0v) is 15.9. The van der Waals surface area contributed by atoms with Crippen LogP contribution in [0.15, 0.2) is 6.07 Å². The van der Waals surface area contributed by atoms with Gasteiger partial charge in [-0.15, -0.1) is 11.3 Å². The number of carbonyl (C=O) groups excluding carboxylic acids is 1. The Kier molecular flexibility index (Phi) is 5.25. The Morgan fingerprint density at radius 2 is 2.12 bits per heavy atom. The van der Waals surface area contributed by atoms with Crippen LogP contribution in [0, 0.1) is 5.92 Å². The van der Waals surface area contributed by atoms with Crippen molar-refractivity contribution < 1.29 is 4.79 Å². The second-order valence-corrected chi connectivity index (χ2v) is 8.15. The normalized spacial score (nSPS) is 16.5. The number of amides is 1. The summed E-state index contributed by atoms with van der Waals surface area (Å²) >= 11 is 1.58. The standard InChI is InChI=1S/C18H28N4OS/c1-12(2)16-14-11-15(24-18(14)21(4)20-16)17(23)22-9-6-13(7-10-22)5-8-19-3/h11-13,19H,5-10H2,1-4H3. The molecule has 0 spiro atoms. The highest BCUT2D eigenvalue weighted by Crippen LogP contribution is 2.32. The second-order valence-electron chi connectivity index (χ2n) is 7.12. The van der Waals surface area contributed by atoms with Crippen LogP contribution in [0.25, 0.3) is 10.2 Å². The molecule has 1 aliphatic rings. The molecule has 0 saturated carbocycles. The molecule has 1 saturated heterocycles. The van der Waals surface area contributed by atoms with E-state index in [1.807, 2.05) is 23.7 Å². The van der Waals surface area contributed by atoms with Gasteiger partial charge in [0, 0.05) is 25.5 Å². The molecule has 6 heteroatoms. The van der Waals surface area contributed by atoms with E-state index in [1.54, 1.807) is 11.3 Å². The summed E-state index contributed by atoms with van der Waals surface area (Å²) in [5, 5.41) is 8.96. The minimum absolute atomic E-state index is 0.193. The monoisotopic (exact) mass is 348 g/mol. The quantitative estimate of drug-likeness (QED) is 0.902. The van der Waals surface area contributed by atoms with E-state index < -0.39 is 0 Å². The van der Waals surface area contributed by atoms with Gasteiger partial charge >= 0.3 is 0 Å². The number of aryl methyl sites for hydroxylation is 1. The lowest BCUT2D eigenvalue weighted by Gasteiger charge is -2.31. The van der Waals surface area contributed by atoms with Gasteiger partial charge in [0.15, 0.2) is 0 Å². The van der Waals surface area contributed by atoms with Crippen LogP contribution in [0.4, 0.5) is 0 Å². The Morgan fingerprint density at radius 3 is 2.75 bits per heavy atom. The predicted molar refractivity (Wildman–Crippen MR) is 99.9 cm³/mol. The molecular weight excluding hydrogens is 320 g/mol. The van der Waals surface area contributed by atoms with Gasteiger partial charge in [0.2, 0.25) is 0 Å². The molecule has 1 aliphatic heterocycles. The van der Waals surface area contributed by atoms with Crippen molar-refractivity contribution >= 4 is 27.5 Å². The smallest absolute Gasteiger partial charge is 0.264 e. The lowest BCUT2D eigenvalue weighted by Crippen LogP contribution is -2.38.